The summed E-state index contributed by atoms with van der Waals surface area (Å²) < 4.78 is 0. The minimum atomic E-state index is -0.918. The van der Waals surface area contributed by atoms with Crippen molar-refractivity contribution in [2.45, 2.75) is 65.2 Å². The van der Waals surface area contributed by atoms with Gasteiger partial charge in [0.25, 0.3) is 0 Å². The van der Waals surface area contributed by atoms with Gasteiger partial charge in [-0.15, -0.1) is 0 Å². The fourth-order valence-corrected chi connectivity index (χ4v) is 2.43. The molecular weight excluding hydrogens is 264 g/mol. The van der Waals surface area contributed by atoms with Crippen molar-refractivity contribution in [2.75, 3.05) is 11.9 Å². The molecule has 0 spiro atoms. The van der Waals surface area contributed by atoms with E-state index in [4.69, 9.17) is 0 Å². The lowest BCUT2D eigenvalue weighted by Crippen LogP contribution is -2.11. The van der Waals surface area contributed by atoms with E-state index in [9.17, 15) is 9.90 Å². The number of aromatic carboxylic acids is 1. The van der Waals surface area contributed by atoms with Crippen LogP contribution in [0.3, 0.4) is 0 Å². The minimum absolute atomic E-state index is 0.289. The number of aryl methyl sites for hydroxylation is 1. The molecule has 1 aromatic rings. The van der Waals surface area contributed by atoms with Crippen molar-refractivity contribution in [1.82, 2.24) is 4.98 Å². The number of unbranched alkanes of at least 4 members (excludes halogenated alkanes) is 7. The highest BCUT2D eigenvalue weighted by Gasteiger charge is 2.13. The first-order valence-corrected chi connectivity index (χ1v) is 8.09. The molecule has 0 aliphatic rings. The fraction of sp³-hybridized carbons (Fsp3) is 0.647. The second kappa shape index (κ2) is 10.2. The standard InChI is InChI=1S/C17H28N2O2/c1-3-4-5-6-7-8-9-10-12-18-16-15(17(20)21)14(2)11-13-19-16/h11,13H,3-10,12H2,1-2H3,(H,18,19)(H,20,21). The monoisotopic (exact) mass is 292 g/mol. The SMILES string of the molecule is CCCCCCCCCCNc1nccc(C)c1C(=O)O. The van der Waals surface area contributed by atoms with Gasteiger partial charge in [0.05, 0.1) is 0 Å². The second-order valence-corrected chi connectivity index (χ2v) is 5.56. The molecule has 4 nitrogen and oxygen atoms in total. The van der Waals surface area contributed by atoms with Gasteiger partial charge in [0.15, 0.2) is 0 Å². The highest BCUT2D eigenvalue weighted by molar-refractivity contribution is 5.94. The summed E-state index contributed by atoms with van der Waals surface area (Å²) in [5.74, 6) is -0.426. The number of hydrogen-bond donors (Lipinski definition) is 2. The van der Waals surface area contributed by atoms with Crippen LogP contribution in [0.1, 0.15) is 74.2 Å². The van der Waals surface area contributed by atoms with Crippen molar-refractivity contribution < 1.29 is 9.90 Å². The molecule has 1 aromatic heterocycles. The highest BCUT2D eigenvalue weighted by atomic mass is 16.4. The van der Waals surface area contributed by atoms with E-state index in [1.807, 2.05) is 0 Å². The summed E-state index contributed by atoms with van der Waals surface area (Å²) in [7, 11) is 0. The molecule has 0 atom stereocenters. The van der Waals surface area contributed by atoms with Gasteiger partial charge >= 0.3 is 5.97 Å². The average molecular weight is 292 g/mol. The summed E-state index contributed by atoms with van der Waals surface area (Å²) in [5, 5.41) is 12.4. The number of nitrogens with one attached hydrogen (secondary N) is 1. The van der Waals surface area contributed by atoms with Crippen LogP contribution in [0.5, 0.6) is 0 Å². The van der Waals surface area contributed by atoms with Crippen molar-refractivity contribution in [3.05, 3.63) is 23.4 Å². The molecule has 0 saturated carbocycles. The largest absolute Gasteiger partial charge is 0.478 e. The molecular formula is C17H28N2O2. The van der Waals surface area contributed by atoms with E-state index in [-0.39, 0.29) is 5.56 Å². The number of carboxylic acid groups (broad SMARTS) is 1. The molecule has 0 aliphatic heterocycles. The van der Waals surface area contributed by atoms with Crippen LogP contribution >= 0.6 is 0 Å². The molecule has 1 rings (SSSR count). The summed E-state index contributed by atoms with van der Waals surface area (Å²) in [6.45, 7) is 4.81. The van der Waals surface area contributed by atoms with Gasteiger partial charge in [-0.2, -0.15) is 0 Å². The molecule has 2 N–H and O–H groups in total. The predicted octanol–water partition coefficient (Wildman–Crippen LogP) is 4.64. The van der Waals surface area contributed by atoms with Crippen LogP contribution < -0.4 is 5.32 Å². The Hall–Kier alpha value is -1.58. The summed E-state index contributed by atoms with van der Waals surface area (Å²) >= 11 is 0. The lowest BCUT2D eigenvalue weighted by Gasteiger charge is -2.10. The van der Waals surface area contributed by atoms with Crippen molar-refractivity contribution in [3.63, 3.8) is 0 Å². The minimum Gasteiger partial charge on any atom is -0.478 e. The van der Waals surface area contributed by atoms with Crippen LogP contribution in [-0.2, 0) is 0 Å². The van der Waals surface area contributed by atoms with Gasteiger partial charge < -0.3 is 10.4 Å². The Morgan fingerprint density at radius 1 is 1.14 bits per heavy atom. The molecule has 21 heavy (non-hydrogen) atoms. The van der Waals surface area contributed by atoms with Crippen molar-refractivity contribution in [2.24, 2.45) is 0 Å². The van der Waals surface area contributed by atoms with E-state index in [2.05, 4.69) is 17.2 Å². The second-order valence-electron chi connectivity index (χ2n) is 5.56. The third kappa shape index (κ3) is 6.61. The van der Waals surface area contributed by atoms with Crippen molar-refractivity contribution >= 4 is 11.8 Å². The number of rotatable bonds is 11. The van der Waals surface area contributed by atoms with E-state index < -0.39 is 5.97 Å². The van der Waals surface area contributed by atoms with Gasteiger partial charge in [-0.25, -0.2) is 9.78 Å². The van der Waals surface area contributed by atoms with E-state index in [1.54, 1.807) is 19.2 Å². The highest BCUT2D eigenvalue weighted by Crippen LogP contribution is 2.16. The third-order valence-electron chi connectivity index (χ3n) is 3.70. The molecule has 0 unspecified atom stereocenters. The molecule has 0 radical (unpaired) electrons. The van der Waals surface area contributed by atoms with Crippen molar-refractivity contribution in [3.8, 4) is 0 Å². The third-order valence-corrected chi connectivity index (χ3v) is 3.70. The quantitative estimate of drug-likeness (QED) is 0.583. The van der Waals surface area contributed by atoms with Crippen LogP contribution in [0.4, 0.5) is 5.82 Å². The zero-order valence-corrected chi connectivity index (χ0v) is 13.3. The van der Waals surface area contributed by atoms with Crippen LogP contribution in [0.2, 0.25) is 0 Å². The number of aromatic nitrogens is 1. The van der Waals surface area contributed by atoms with E-state index >= 15 is 0 Å². The summed E-state index contributed by atoms with van der Waals surface area (Å²) in [5.41, 5.74) is 1.04. The smallest absolute Gasteiger partial charge is 0.339 e. The van der Waals surface area contributed by atoms with Crippen molar-refractivity contribution in [1.29, 1.82) is 0 Å². The number of nitrogens with zero attached hydrogens (tertiary/aromatic N) is 1. The predicted molar refractivity (Wildman–Crippen MR) is 87.0 cm³/mol. The lowest BCUT2D eigenvalue weighted by molar-refractivity contribution is 0.0697. The van der Waals surface area contributed by atoms with Gasteiger partial charge in [-0.05, 0) is 25.0 Å². The summed E-state index contributed by atoms with van der Waals surface area (Å²) in [4.78, 5) is 15.4. The Morgan fingerprint density at radius 2 is 1.76 bits per heavy atom. The fourth-order valence-electron chi connectivity index (χ4n) is 2.43. The average Bonchev–Trinajstić information content (AvgIpc) is 2.45. The number of carbonyl (C=O) groups is 1. The van der Waals surface area contributed by atoms with Gasteiger partial charge in [-0.1, -0.05) is 51.9 Å². The normalized spacial score (nSPS) is 10.6. The zero-order valence-electron chi connectivity index (χ0n) is 13.3. The van der Waals surface area contributed by atoms with E-state index in [1.165, 1.54) is 44.9 Å². The van der Waals surface area contributed by atoms with Gasteiger partial charge in [0.2, 0.25) is 0 Å². The van der Waals surface area contributed by atoms with Crippen LogP contribution in [-0.4, -0.2) is 22.6 Å². The van der Waals surface area contributed by atoms with Gasteiger partial charge in [0.1, 0.15) is 11.4 Å². The molecule has 0 fully saturated rings. The molecule has 0 aromatic carbocycles. The van der Waals surface area contributed by atoms with Crippen LogP contribution in [0.15, 0.2) is 12.3 Å². The van der Waals surface area contributed by atoms with Crippen LogP contribution in [0.25, 0.3) is 0 Å². The van der Waals surface area contributed by atoms with Gasteiger partial charge in [0, 0.05) is 12.7 Å². The molecule has 0 bridgehead atoms. The molecule has 4 heteroatoms. The Balaban J connectivity index is 2.21. The Morgan fingerprint density at radius 3 is 2.38 bits per heavy atom. The van der Waals surface area contributed by atoms with E-state index in [0.29, 0.717) is 5.82 Å². The van der Waals surface area contributed by atoms with Gasteiger partial charge in [-0.3, -0.25) is 0 Å². The lowest BCUT2D eigenvalue weighted by atomic mass is 10.1. The molecule has 1 heterocycles. The number of anilines is 1. The number of pyridine rings is 1. The number of hydrogen-bond acceptors (Lipinski definition) is 3. The first kappa shape index (κ1) is 17.5. The molecule has 0 amide bonds. The maximum Gasteiger partial charge on any atom is 0.339 e. The Kier molecular flexibility index (Phi) is 8.48. The van der Waals surface area contributed by atoms with Crippen LogP contribution in [0, 0.1) is 6.92 Å². The topological polar surface area (TPSA) is 62.2 Å². The first-order valence-electron chi connectivity index (χ1n) is 8.09. The maximum atomic E-state index is 11.2. The molecule has 0 saturated heterocycles. The summed E-state index contributed by atoms with van der Waals surface area (Å²) in [6, 6.07) is 1.73. The molecule has 0 aliphatic carbocycles. The Bertz CT molecular complexity index is 433. The maximum absolute atomic E-state index is 11.2. The molecule has 118 valence electrons. The number of carboxylic acids is 1. The first-order chi connectivity index (χ1) is 10.2. The zero-order chi connectivity index (χ0) is 15.5. The summed E-state index contributed by atoms with van der Waals surface area (Å²) in [6.07, 6.45) is 11.8. The Labute approximate surface area is 128 Å². The van der Waals surface area contributed by atoms with E-state index in [0.717, 1.165) is 18.5 Å².